The van der Waals surface area contributed by atoms with Crippen LogP contribution in [0.1, 0.15) is 29.4 Å². The Morgan fingerprint density at radius 3 is 2.38 bits per heavy atom. The monoisotopic (exact) mass is 619 g/mol. The number of sulfonamides is 1. The lowest BCUT2D eigenvalue weighted by atomic mass is 10.0. The maximum absolute atomic E-state index is 13.6. The zero-order valence-corrected chi connectivity index (χ0v) is 25.0. The first-order valence-corrected chi connectivity index (χ1v) is 15.6. The molecule has 0 aliphatic carbocycles. The summed E-state index contributed by atoms with van der Waals surface area (Å²) in [4.78, 5) is 15.5. The molecular weight excluding hydrogens is 590 g/mol. The van der Waals surface area contributed by atoms with E-state index in [1.54, 1.807) is 23.1 Å². The fourth-order valence-corrected chi connectivity index (χ4v) is 7.70. The van der Waals surface area contributed by atoms with Crippen LogP contribution in [0, 0.1) is 13.8 Å². The number of ether oxygens (including phenoxy) is 1. The molecule has 0 N–H and O–H groups in total. The van der Waals surface area contributed by atoms with Crippen molar-refractivity contribution in [3.05, 3.63) is 87.7 Å². The van der Waals surface area contributed by atoms with E-state index in [1.807, 2.05) is 32.1 Å². The molecule has 0 unspecified atom stereocenters. The molecule has 9 heteroatoms. The number of fused-ring (bicyclic) bond motifs is 2. The van der Waals surface area contributed by atoms with Gasteiger partial charge in [-0.05, 0) is 74.2 Å². The number of likely N-dealkylation sites (N-methyl/N-ethyl adjacent to an activating group) is 1. The van der Waals surface area contributed by atoms with Crippen molar-refractivity contribution in [2.24, 2.45) is 0 Å². The summed E-state index contributed by atoms with van der Waals surface area (Å²) >= 11 is 3.67. The summed E-state index contributed by atoms with van der Waals surface area (Å²) in [5.74, 6) is -0.127. The van der Waals surface area contributed by atoms with Crippen LogP contribution in [-0.2, 0) is 19.6 Å². The first-order valence-electron chi connectivity index (χ1n) is 13.3. The predicted octanol–water partition coefficient (Wildman–Crippen LogP) is 5.94. The predicted molar refractivity (Wildman–Crippen MR) is 162 cm³/mol. The number of rotatable bonds is 5. The van der Waals surface area contributed by atoms with Crippen molar-refractivity contribution < 1.29 is 17.9 Å². The Morgan fingerprint density at radius 1 is 0.950 bits per heavy atom. The van der Waals surface area contributed by atoms with Crippen molar-refractivity contribution in [1.29, 1.82) is 0 Å². The summed E-state index contributed by atoms with van der Waals surface area (Å²) in [5.41, 5.74) is 5.88. The van der Waals surface area contributed by atoms with E-state index in [4.69, 9.17) is 4.74 Å². The lowest BCUT2D eigenvalue weighted by Gasteiger charge is -2.26. The summed E-state index contributed by atoms with van der Waals surface area (Å²) in [6.45, 7) is 7.91. The van der Waals surface area contributed by atoms with Crippen LogP contribution in [0.15, 0.2) is 70.0 Å². The van der Waals surface area contributed by atoms with E-state index < -0.39 is 10.0 Å². The molecule has 0 atom stereocenters. The van der Waals surface area contributed by atoms with Crippen LogP contribution in [-0.4, -0.2) is 56.0 Å². The van der Waals surface area contributed by atoms with Gasteiger partial charge in [0.05, 0.1) is 29.5 Å². The molecule has 0 spiro atoms. The second kappa shape index (κ2) is 10.3. The summed E-state index contributed by atoms with van der Waals surface area (Å²) in [6.07, 6.45) is 1.90. The Bertz CT molecular complexity index is 1800. The number of halogens is 1. The average molecular weight is 621 g/mol. The number of aromatic nitrogens is 1. The number of benzene rings is 3. The van der Waals surface area contributed by atoms with Crippen molar-refractivity contribution in [3.8, 4) is 5.69 Å². The van der Waals surface area contributed by atoms with Gasteiger partial charge in [0.25, 0.3) is 5.91 Å². The van der Waals surface area contributed by atoms with Gasteiger partial charge < -0.3 is 14.2 Å². The van der Waals surface area contributed by atoms with Crippen molar-refractivity contribution >= 4 is 60.0 Å². The zero-order chi connectivity index (χ0) is 28.2. The van der Waals surface area contributed by atoms with Gasteiger partial charge in [0, 0.05) is 52.0 Å². The van der Waals surface area contributed by atoms with Gasteiger partial charge >= 0.3 is 0 Å². The van der Waals surface area contributed by atoms with Gasteiger partial charge in [-0.1, -0.05) is 40.2 Å². The van der Waals surface area contributed by atoms with Crippen LogP contribution in [0.25, 0.3) is 28.1 Å². The van der Waals surface area contributed by atoms with Gasteiger partial charge in [-0.25, -0.2) is 8.42 Å². The zero-order valence-electron chi connectivity index (χ0n) is 22.6. The standard InChI is InChI=1S/C31H30BrN3O4S/c1-4-34-29-11-9-23(40(37,38)33-13-15-39-16-14-33)19-26(29)27(31(34)36)18-22-17-20(2)35(21(22)3)30-12-10-28(32)24-7-5-6-8-25(24)30/h5-12,17-19H,4,13-16H2,1-3H3/b27-18-. The molecule has 0 bridgehead atoms. The second-order valence-corrected chi connectivity index (χ2v) is 12.9. The molecule has 206 valence electrons. The number of aryl methyl sites for hydroxylation is 1. The SMILES string of the molecule is CCN1C(=O)/C(=C\c2cc(C)n(-c3ccc(Br)c4ccccc34)c2C)c2cc(S(=O)(=O)N3CCOCC3)ccc21. The molecule has 1 amide bonds. The second-order valence-electron chi connectivity index (χ2n) is 10.1. The topological polar surface area (TPSA) is 71.9 Å². The molecule has 3 heterocycles. The van der Waals surface area contributed by atoms with Crippen molar-refractivity contribution in [2.45, 2.75) is 25.7 Å². The lowest BCUT2D eigenvalue weighted by molar-refractivity contribution is -0.112. The fourth-order valence-electron chi connectivity index (χ4n) is 5.79. The van der Waals surface area contributed by atoms with Crippen LogP contribution >= 0.6 is 15.9 Å². The molecule has 0 saturated carbocycles. The molecule has 3 aromatic carbocycles. The van der Waals surface area contributed by atoms with Gasteiger partial charge in [-0.15, -0.1) is 0 Å². The number of hydrogen-bond donors (Lipinski definition) is 0. The summed E-state index contributed by atoms with van der Waals surface area (Å²) in [7, 11) is -3.70. The quantitative estimate of drug-likeness (QED) is 0.259. The molecule has 1 saturated heterocycles. The Morgan fingerprint density at radius 2 is 1.65 bits per heavy atom. The highest BCUT2D eigenvalue weighted by Crippen LogP contribution is 2.40. The lowest BCUT2D eigenvalue weighted by Crippen LogP contribution is -2.40. The number of carbonyl (C=O) groups excluding carboxylic acids is 1. The minimum Gasteiger partial charge on any atom is -0.379 e. The van der Waals surface area contributed by atoms with Gasteiger partial charge in [0.2, 0.25) is 10.0 Å². The third-order valence-corrected chi connectivity index (χ3v) is 10.4. The largest absolute Gasteiger partial charge is 0.379 e. The first-order chi connectivity index (χ1) is 19.2. The highest BCUT2D eigenvalue weighted by Gasteiger charge is 2.34. The van der Waals surface area contributed by atoms with E-state index in [-0.39, 0.29) is 10.8 Å². The maximum atomic E-state index is 13.6. The van der Waals surface area contributed by atoms with Crippen molar-refractivity contribution in [3.63, 3.8) is 0 Å². The highest BCUT2D eigenvalue weighted by molar-refractivity contribution is 9.10. The molecule has 0 radical (unpaired) electrons. The Kier molecular flexibility index (Phi) is 6.94. The van der Waals surface area contributed by atoms with Crippen molar-refractivity contribution in [2.75, 3.05) is 37.7 Å². The molecule has 2 aliphatic heterocycles. The van der Waals surface area contributed by atoms with E-state index in [0.29, 0.717) is 44.0 Å². The summed E-state index contributed by atoms with van der Waals surface area (Å²) in [5, 5.41) is 2.25. The highest BCUT2D eigenvalue weighted by atomic mass is 79.9. The van der Waals surface area contributed by atoms with Gasteiger partial charge in [0.1, 0.15) is 0 Å². The van der Waals surface area contributed by atoms with Gasteiger partial charge in [-0.2, -0.15) is 4.31 Å². The number of morpholine rings is 1. The molecule has 4 aromatic rings. The number of anilines is 1. The van der Waals surface area contributed by atoms with Crippen LogP contribution in [0.4, 0.5) is 5.69 Å². The third-order valence-electron chi connectivity index (χ3n) is 7.81. The van der Waals surface area contributed by atoms with Crippen molar-refractivity contribution in [1.82, 2.24) is 8.87 Å². The molecule has 7 nitrogen and oxygen atoms in total. The smallest absolute Gasteiger partial charge is 0.258 e. The normalized spacial score (nSPS) is 17.2. The van der Waals surface area contributed by atoms with E-state index in [9.17, 15) is 13.2 Å². The molecule has 1 aromatic heterocycles. The Hall–Kier alpha value is -3.24. The van der Waals surface area contributed by atoms with E-state index in [1.165, 1.54) is 4.31 Å². The van der Waals surface area contributed by atoms with Crippen LogP contribution in [0.5, 0.6) is 0 Å². The fraction of sp³-hybridized carbons (Fsp3) is 0.258. The van der Waals surface area contributed by atoms with Crippen LogP contribution in [0.2, 0.25) is 0 Å². The van der Waals surface area contributed by atoms with Crippen LogP contribution < -0.4 is 4.90 Å². The maximum Gasteiger partial charge on any atom is 0.258 e. The summed E-state index contributed by atoms with van der Waals surface area (Å²) < 4.78 is 36.9. The number of carbonyl (C=O) groups is 1. The first kappa shape index (κ1) is 27.0. The van der Waals surface area contributed by atoms with E-state index in [0.717, 1.165) is 43.6 Å². The molecule has 40 heavy (non-hydrogen) atoms. The minimum absolute atomic E-state index is 0.127. The molecular formula is C31H30BrN3O4S. The number of amides is 1. The minimum atomic E-state index is -3.70. The van der Waals surface area contributed by atoms with E-state index in [2.05, 4.69) is 57.8 Å². The number of hydrogen-bond acceptors (Lipinski definition) is 4. The average Bonchev–Trinajstić information content (AvgIpc) is 3.40. The van der Waals surface area contributed by atoms with E-state index >= 15 is 0 Å². The van der Waals surface area contributed by atoms with Crippen LogP contribution in [0.3, 0.4) is 0 Å². The molecule has 1 fully saturated rings. The van der Waals surface area contributed by atoms with Gasteiger partial charge in [0.15, 0.2) is 0 Å². The number of nitrogens with zero attached hydrogens (tertiary/aromatic N) is 3. The summed E-state index contributed by atoms with van der Waals surface area (Å²) in [6, 6.07) is 19.5. The third kappa shape index (κ3) is 4.32. The Labute approximate surface area is 242 Å². The molecule has 6 rings (SSSR count). The Balaban J connectivity index is 1.47. The van der Waals surface area contributed by atoms with Gasteiger partial charge in [-0.3, -0.25) is 4.79 Å². The molecule has 2 aliphatic rings.